The van der Waals surface area contributed by atoms with E-state index in [-0.39, 0.29) is 91.0 Å². The summed E-state index contributed by atoms with van der Waals surface area (Å²) in [5, 5.41) is 20.8. The van der Waals surface area contributed by atoms with E-state index < -0.39 is 65.5 Å². The summed E-state index contributed by atoms with van der Waals surface area (Å²) in [5.41, 5.74) is 7.62. The first-order valence-electron chi connectivity index (χ1n) is 19.2. The number of ketones is 1. The molecule has 3 aliphatic rings. The number of piperidine rings is 1. The Bertz CT molecular complexity index is 2320. The van der Waals surface area contributed by atoms with Crippen LogP contribution in [0.25, 0.3) is 0 Å². The van der Waals surface area contributed by atoms with Crippen molar-refractivity contribution in [2.45, 2.75) is 50.6 Å². The van der Waals surface area contributed by atoms with Gasteiger partial charge in [-0.15, -0.1) is 0 Å². The molecule has 312 valence electrons. The number of allylic oxidation sites excluding steroid dienone is 1. The Morgan fingerprint density at radius 2 is 1.70 bits per heavy atom. The number of aromatic hydroxyl groups is 1. The Morgan fingerprint density at radius 3 is 2.47 bits per heavy atom. The third kappa shape index (κ3) is 9.49. The van der Waals surface area contributed by atoms with Gasteiger partial charge >= 0.3 is 0 Å². The van der Waals surface area contributed by atoms with Crippen LogP contribution in [0.1, 0.15) is 90.7 Å². The second-order valence-corrected chi connectivity index (χ2v) is 14.4. The van der Waals surface area contributed by atoms with Crippen LogP contribution in [-0.2, 0) is 30.4 Å². The van der Waals surface area contributed by atoms with Crippen LogP contribution in [0.4, 0.5) is 0 Å². The van der Waals surface area contributed by atoms with E-state index in [0.717, 1.165) is 34.6 Å². The topological polar surface area (TPSA) is 264 Å². The molecule has 1 fully saturated rings. The summed E-state index contributed by atoms with van der Waals surface area (Å²) in [6.07, 6.45) is 2.78. The molecule has 0 aromatic heterocycles. The highest BCUT2D eigenvalue weighted by molar-refractivity contribution is 6.24. The summed E-state index contributed by atoms with van der Waals surface area (Å²) in [7, 11) is 1.47. The molecular weight excluding hydrogens is 778 g/mol. The van der Waals surface area contributed by atoms with Gasteiger partial charge in [0.25, 0.3) is 29.5 Å². The number of benzene rings is 3. The number of phenolic OH excluding ortho intramolecular Hbond substituents is 1. The molecule has 2 heterocycles. The zero-order valence-corrected chi connectivity index (χ0v) is 32.6. The predicted molar refractivity (Wildman–Crippen MR) is 211 cm³/mol. The molecule has 7 N–H and O–H groups in total. The van der Waals surface area contributed by atoms with Crippen molar-refractivity contribution in [1.29, 1.82) is 0 Å². The number of nitrogens with zero attached hydrogens (tertiary/aromatic N) is 2. The van der Waals surface area contributed by atoms with Crippen LogP contribution in [0, 0.1) is 0 Å². The number of carbonyl (C=O) groups is 9. The number of rotatable bonds is 16. The molecule has 18 heteroatoms. The van der Waals surface area contributed by atoms with Crippen LogP contribution in [0.3, 0.4) is 0 Å². The molecule has 6 rings (SSSR count). The molecule has 2 unspecified atom stereocenters. The van der Waals surface area contributed by atoms with E-state index in [9.17, 15) is 48.3 Å². The molecule has 60 heavy (non-hydrogen) atoms. The molecule has 18 nitrogen and oxygen atoms in total. The molecule has 0 spiro atoms. The fourth-order valence-corrected chi connectivity index (χ4v) is 7.14. The lowest BCUT2D eigenvalue weighted by atomic mass is 10.0. The van der Waals surface area contributed by atoms with Crippen molar-refractivity contribution < 1.29 is 53.0 Å². The van der Waals surface area contributed by atoms with Crippen molar-refractivity contribution in [1.82, 2.24) is 31.1 Å². The Hall–Kier alpha value is -7.37. The number of amides is 8. The van der Waals surface area contributed by atoms with Crippen molar-refractivity contribution >= 4 is 53.0 Å². The van der Waals surface area contributed by atoms with Crippen molar-refractivity contribution in [3.63, 3.8) is 0 Å². The molecule has 2 atom stereocenters. The lowest BCUT2D eigenvalue weighted by Gasteiger charge is -2.27. The third-order valence-electron chi connectivity index (χ3n) is 10.3. The maximum Gasteiger partial charge on any atom is 0.267 e. The lowest BCUT2D eigenvalue weighted by Crippen LogP contribution is -2.54. The highest BCUT2D eigenvalue weighted by atomic mass is 16.5. The first kappa shape index (κ1) is 42.2. The number of hydrogen-bond donors (Lipinski definition) is 6. The zero-order chi connectivity index (χ0) is 43.1. The standard InChI is InChI=1S/C42H43N7O11/c1-48(40(57)26-13-11-24(20-32(26)51)31(50)21-28(43)38(55)46-29-14-12-23-6-2-3-7-25(23)29)19-18-45-34(52)10-5-17-44-36(54)22-60-33-9-4-8-27-37(33)42(59)49(41(27)58)30-15-16-35(53)47-39(30)56/h2-4,6-9,11,13,20-21,29-30,51H,5,10,12,14-19,22,43H2,1H3,(H,44,54)(H,45,52)(H,46,55)(H,47,53,56)/b28-21-. The van der Waals surface area contributed by atoms with Crippen LogP contribution in [0.15, 0.2) is 72.4 Å². The Labute approximate surface area is 343 Å². The van der Waals surface area contributed by atoms with Crippen LogP contribution in [-0.4, -0.2) is 107 Å². The highest BCUT2D eigenvalue weighted by Gasteiger charge is 2.46. The van der Waals surface area contributed by atoms with Gasteiger partial charge in [-0.3, -0.25) is 53.4 Å². The van der Waals surface area contributed by atoms with Gasteiger partial charge in [0.2, 0.25) is 17.7 Å². The Balaban J connectivity index is 0.883. The Kier molecular flexibility index (Phi) is 13.0. The van der Waals surface area contributed by atoms with Crippen molar-refractivity contribution in [2.24, 2.45) is 5.73 Å². The number of imide groups is 2. The average molecular weight is 822 g/mol. The smallest absolute Gasteiger partial charge is 0.267 e. The summed E-state index contributed by atoms with van der Waals surface area (Å²) in [6.45, 7) is -0.217. The van der Waals surface area contributed by atoms with E-state index in [1.165, 1.54) is 42.3 Å². The minimum atomic E-state index is -1.15. The minimum Gasteiger partial charge on any atom is -0.507 e. The number of nitrogens with one attached hydrogen (secondary N) is 4. The number of likely N-dealkylation sites (N-methyl/N-ethyl adjacent to an activating group) is 1. The molecule has 1 saturated heterocycles. The monoisotopic (exact) mass is 821 g/mol. The second-order valence-electron chi connectivity index (χ2n) is 14.4. The van der Waals surface area contributed by atoms with Gasteiger partial charge in [-0.05, 0) is 67.1 Å². The van der Waals surface area contributed by atoms with Crippen LogP contribution in [0.2, 0.25) is 0 Å². The number of aryl methyl sites for hydroxylation is 1. The second kappa shape index (κ2) is 18.5. The molecule has 3 aromatic rings. The van der Waals surface area contributed by atoms with E-state index in [0.29, 0.717) is 6.42 Å². The molecule has 0 bridgehead atoms. The molecule has 0 saturated carbocycles. The fraction of sp³-hybridized carbons (Fsp3) is 0.310. The first-order chi connectivity index (χ1) is 28.7. The van der Waals surface area contributed by atoms with Crippen LogP contribution < -0.4 is 31.7 Å². The van der Waals surface area contributed by atoms with Gasteiger partial charge in [0.15, 0.2) is 12.4 Å². The number of carbonyl (C=O) groups excluding carboxylic acids is 9. The summed E-state index contributed by atoms with van der Waals surface area (Å²) >= 11 is 0. The number of fused-ring (bicyclic) bond motifs is 2. The SMILES string of the molecule is CN(CCNC(=O)CCCNC(=O)COc1cccc2c1C(=O)N(C1CCC(=O)NC1=O)C2=O)C(=O)c1ccc(C(=O)/C=C(\N)C(=O)NC2CCc3ccccc32)cc1O. The normalized spacial score (nSPS) is 17.0. The highest BCUT2D eigenvalue weighted by Crippen LogP contribution is 2.34. The first-order valence-corrected chi connectivity index (χ1v) is 19.2. The summed E-state index contributed by atoms with van der Waals surface area (Å²) < 4.78 is 5.56. The molecular formula is C42H43N7O11. The van der Waals surface area contributed by atoms with E-state index >= 15 is 0 Å². The lowest BCUT2D eigenvalue weighted by molar-refractivity contribution is -0.136. The quantitative estimate of drug-likeness (QED) is 0.0507. The fourth-order valence-electron chi connectivity index (χ4n) is 7.14. The molecule has 8 amide bonds. The number of phenols is 1. The van der Waals surface area contributed by atoms with Crippen LogP contribution >= 0.6 is 0 Å². The number of hydrogen-bond acceptors (Lipinski definition) is 12. The summed E-state index contributed by atoms with van der Waals surface area (Å²) in [6, 6.07) is 14.4. The predicted octanol–water partition coefficient (Wildman–Crippen LogP) is 0.786. The van der Waals surface area contributed by atoms with Gasteiger partial charge < -0.3 is 36.4 Å². The molecule has 2 aliphatic heterocycles. The zero-order valence-electron chi connectivity index (χ0n) is 32.6. The van der Waals surface area contributed by atoms with Crippen molar-refractivity contribution in [3.8, 4) is 11.5 Å². The molecule has 0 radical (unpaired) electrons. The third-order valence-corrected chi connectivity index (χ3v) is 10.3. The minimum absolute atomic E-state index is 0.00658. The number of nitrogens with two attached hydrogens (primary N) is 1. The van der Waals surface area contributed by atoms with Gasteiger partial charge in [0.1, 0.15) is 23.2 Å². The van der Waals surface area contributed by atoms with E-state index in [2.05, 4.69) is 21.3 Å². The molecule has 1 aliphatic carbocycles. The van der Waals surface area contributed by atoms with Gasteiger partial charge in [-0.25, -0.2) is 0 Å². The van der Waals surface area contributed by atoms with Gasteiger partial charge in [0.05, 0.1) is 22.7 Å². The summed E-state index contributed by atoms with van der Waals surface area (Å²) in [5.74, 6) is -5.90. The maximum atomic E-state index is 13.2. The largest absolute Gasteiger partial charge is 0.507 e. The summed E-state index contributed by atoms with van der Waals surface area (Å²) in [4.78, 5) is 116. The van der Waals surface area contributed by atoms with Gasteiger partial charge in [-0.2, -0.15) is 0 Å². The van der Waals surface area contributed by atoms with Crippen molar-refractivity contribution in [2.75, 3.05) is 33.3 Å². The van der Waals surface area contributed by atoms with Gasteiger partial charge in [0, 0.05) is 51.2 Å². The average Bonchev–Trinajstić information content (AvgIpc) is 3.75. The van der Waals surface area contributed by atoms with E-state index in [1.807, 2.05) is 24.3 Å². The van der Waals surface area contributed by atoms with E-state index in [4.69, 9.17) is 10.5 Å². The maximum absolute atomic E-state index is 13.2. The Morgan fingerprint density at radius 1 is 0.933 bits per heavy atom. The van der Waals surface area contributed by atoms with E-state index in [1.54, 1.807) is 0 Å². The van der Waals surface area contributed by atoms with Crippen molar-refractivity contribution in [3.05, 3.63) is 106 Å². The molecule has 3 aromatic carbocycles. The van der Waals surface area contributed by atoms with Crippen LogP contribution in [0.5, 0.6) is 11.5 Å². The van der Waals surface area contributed by atoms with Gasteiger partial charge in [-0.1, -0.05) is 30.3 Å². The number of ether oxygens (including phenoxy) is 1.